The Morgan fingerprint density at radius 3 is 2.42 bits per heavy atom. The molecule has 7 rings (SSSR count). The summed E-state index contributed by atoms with van der Waals surface area (Å²) in [5.41, 5.74) is 4.08. The summed E-state index contributed by atoms with van der Waals surface area (Å²) in [6, 6.07) is 15.1. The number of thiazole rings is 1. The van der Waals surface area contributed by atoms with Gasteiger partial charge in [0.2, 0.25) is 0 Å². The third-order valence-corrected chi connectivity index (χ3v) is 10.2. The van der Waals surface area contributed by atoms with E-state index in [1.807, 2.05) is 25.1 Å². The Morgan fingerprint density at radius 1 is 1.06 bits per heavy atom. The predicted octanol–water partition coefficient (Wildman–Crippen LogP) is 7.07. The van der Waals surface area contributed by atoms with Gasteiger partial charge in [-0.15, -0.1) is 11.3 Å². The zero-order chi connectivity index (χ0) is 22.4. The molecule has 0 spiro atoms. The Morgan fingerprint density at radius 2 is 1.76 bits per heavy atom. The minimum absolute atomic E-state index is 0.261. The zero-order valence-electron chi connectivity index (χ0n) is 19.2. The molecule has 4 aliphatic rings. The second-order valence-corrected chi connectivity index (χ2v) is 12.7. The van der Waals surface area contributed by atoms with Crippen molar-refractivity contribution in [1.29, 1.82) is 0 Å². The van der Waals surface area contributed by atoms with Gasteiger partial charge < -0.3 is 4.74 Å². The fourth-order valence-electron chi connectivity index (χ4n) is 7.06. The number of fused-ring (bicyclic) bond motifs is 1. The lowest BCUT2D eigenvalue weighted by Crippen LogP contribution is -2.48. The third kappa shape index (κ3) is 4.35. The van der Waals surface area contributed by atoms with E-state index in [2.05, 4.69) is 29.2 Å². The molecular weight excluding hydrogens is 446 g/mol. The first-order valence-corrected chi connectivity index (χ1v) is 14.2. The van der Waals surface area contributed by atoms with Crippen molar-refractivity contribution in [1.82, 2.24) is 4.98 Å². The first-order valence-electron chi connectivity index (χ1n) is 12.4. The van der Waals surface area contributed by atoms with Crippen molar-refractivity contribution >= 4 is 39.1 Å². The van der Waals surface area contributed by atoms with Crippen LogP contribution in [-0.2, 0) is 16.6 Å². The summed E-state index contributed by atoms with van der Waals surface area (Å²) in [6.45, 7) is 2.64. The average molecular weight is 478 g/mol. The van der Waals surface area contributed by atoms with Crippen LogP contribution >= 0.6 is 23.1 Å². The van der Waals surface area contributed by atoms with Crippen molar-refractivity contribution in [2.75, 3.05) is 12.4 Å². The highest BCUT2D eigenvalue weighted by molar-refractivity contribution is 8.01. The quantitative estimate of drug-likeness (QED) is 0.325. The molecule has 5 heteroatoms. The Bertz CT molecular complexity index is 1130. The van der Waals surface area contributed by atoms with E-state index in [0.717, 1.165) is 43.6 Å². The first-order chi connectivity index (χ1) is 16.1. The van der Waals surface area contributed by atoms with Gasteiger partial charge in [-0.25, -0.2) is 4.98 Å². The van der Waals surface area contributed by atoms with Crippen LogP contribution in [0.25, 0.3) is 10.2 Å². The van der Waals surface area contributed by atoms with Gasteiger partial charge >= 0.3 is 0 Å². The molecule has 4 saturated carbocycles. The molecule has 0 radical (unpaired) electrons. The van der Waals surface area contributed by atoms with Gasteiger partial charge in [0.1, 0.15) is 11.5 Å². The topological polar surface area (TPSA) is 39.2 Å². The highest BCUT2D eigenvalue weighted by atomic mass is 32.2. The van der Waals surface area contributed by atoms with Gasteiger partial charge in [0.05, 0.1) is 22.6 Å². The van der Waals surface area contributed by atoms with Crippen LogP contribution in [0.15, 0.2) is 46.8 Å². The number of rotatable bonds is 8. The molecule has 4 bridgehead atoms. The van der Waals surface area contributed by atoms with E-state index in [1.54, 1.807) is 23.1 Å². The van der Waals surface area contributed by atoms with Gasteiger partial charge in [0, 0.05) is 6.42 Å². The molecule has 1 heterocycles. The largest absolute Gasteiger partial charge is 0.494 e. The summed E-state index contributed by atoms with van der Waals surface area (Å²) in [5.74, 6) is 4.48. The summed E-state index contributed by atoms with van der Waals surface area (Å²) in [5, 5.41) is 0. The molecule has 1 aromatic heterocycles. The highest BCUT2D eigenvalue weighted by Gasteiger charge is 2.51. The first kappa shape index (κ1) is 21.7. The van der Waals surface area contributed by atoms with Crippen molar-refractivity contribution in [3.05, 3.63) is 53.6 Å². The van der Waals surface area contributed by atoms with Crippen molar-refractivity contribution in [2.24, 2.45) is 17.8 Å². The SMILES string of the molecule is CCOc1ccc2nc(SCC(=O)Cc3ccc(C45CC6CC(CC(C6)C4)C5)cc3)sc2c1. The molecule has 0 aliphatic heterocycles. The third-order valence-electron chi connectivity index (χ3n) is 8.01. The van der Waals surface area contributed by atoms with E-state index in [0.29, 0.717) is 24.2 Å². The Balaban J connectivity index is 1.07. The van der Waals surface area contributed by atoms with Crippen LogP contribution in [0, 0.1) is 17.8 Å². The maximum absolute atomic E-state index is 12.7. The molecule has 3 nitrogen and oxygen atoms in total. The Hall–Kier alpha value is -1.85. The minimum atomic E-state index is 0.261. The van der Waals surface area contributed by atoms with Gasteiger partial charge in [0.25, 0.3) is 0 Å². The van der Waals surface area contributed by atoms with Crippen molar-refractivity contribution in [3.63, 3.8) is 0 Å². The van der Waals surface area contributed by atoms with Gasteiger partial charge in [0.15, 0.2) is 4.34 Å². The second-order valence-electron chi connectivity index (χ2n) is 10.4. The van der Waals surface area contributed by atoms with Crippen LogP contribution in [0.2, 0.25) is 0 Å². The molecule has 172 valence electrons. The Kier molecular flexibility index (Phi) is 5.74. The minimum Gasteiger partial charge on any atom is -0.494 e. The molecule has 33 heavy (non-hydrogen) atoms. The van der Waals surface area contributed by atoms with E-state index >= 15 is 0 Å². The van der Waals surface area contributed by atoms with Gasteiger partial charge in [-0.3, -0.25) is 4.79 Å². The second kappa shape index (κ2) is 8.74. The molecular formula is C28H31NO2S2. The highest BCUT2D eigenvalue weighted by Crippen LogP contribution is 2.60. The van der Waals surface area contributed by atoms with Crippen LogP contribution in [-0.4, -0.2) is 23.1 Å². The van der Waals surface area contributed by atoms with Crippen LogP contribution in [0.5, 0.6) is 5.75 Å². The molecule has 0 N–H and O–H groups in total. The van der Waals surface area contributed by atoms with E-state index < -0.39 is 0 Å². The number of benzene rings is 2. The van der Waals surface area contributed by atoms with E-state index in [9.17, 15) is 4.79 Å². The van der Waals surface area contributed by atoms with E-state index in [-0.39, 0.29) is 5.78 Å². The number of carbonyl (C=O) groups is 1. The molecule has 4 fully saturated rings. The number of ketones is 1. The number of hydrogen-bond donors (Lipinski definition) is 0. The molecule has 0 unspecified atom stereocenters. The molecule has 3 aromatic rings. The summed E-state index contributed by atoms with van der Waals surface area (Å²) in [4.78, 5) is 17.4. The van der Waals surface area contributed by atoms with E-state index in [4.69, 9.17) is 4.74 Å². The van der Waals surface area contributed by atoms with Gasteiger partial charge in [-0.1, -0.05) is 36.0 Å². The monoisotopic (exact) mass is 477 g/mol. The number of ether oxygens (including phenoxy) is 1. The molecule has 0 amide bonds. The number of carbonyl (C=O) groups excluding carboxylic acids is 1. The number of thioether (sulfide) groups is 1. The number of nitrogens with zero attached hydrogens (tertiary/aromatic N) is 1. The fourth-order valence-corrected chi connectivity index (χ4v) is 9.02. The van der Waals surface area contributed by atoms with Crippen molar-refractivity contribution in [3.8, 4) is 5.75 Å². The smallest absolute Gasteiger partial charge is 0.151 e. The molecule has 2 aromatic carbocycles. The van der Waals surface area contributed by atoms with Crippen molar-refractivity contribution in [2.45, 2.75) is 61.6 Å². The maximum atomic E-state index is 12.7. The fraction of sp³-hybridized carbons (Fsp3) is 0.500. The summed E-state index contributed by atoms with van der Waals surface area (Å²) < 4.78 is 7.64. The summed E-state index contributed by atoms with van der Waals surface area (Å²) >= 11 is 3.19. The van der Waals surface area contributed by atoms with Crippen LogP contribution < -0.4 is 4.74 Å². The van der Waals surface area contributed by atoms with Crippen LogP contribution in [0.1, 0.15) is 56.6 Å². The lowest BCUT2D eigenvalue weighted by Gasteiger charge is -2.57. The average Bonchev–Trinajstić information content (AvgIpc) is 3.20. The van der Waals surface area contributed by atoms with Gasteiger partial charge in [-0.2, -0.15) is 0 Å². The lowest BCUT2D eigenvalue weighted by molar-refractivity contribution is -0.116. The van der Waals surface area contributed by atoms with E-state index in [1.165, 1.54) is 44.1 Å². The van der Waals surface area contributed by atoms with Gasteiger partial charge in [-0.05, 0) is 97.9 Å². The predicted molar refractivity (Wildman–Crippen MR) is 137 cm³/mol. The molecule has 4 aliphatic carbocycles. The number of hydrogen-bond acceptors (Lipinski definition) is 5. The standard InChI is InChI=1S/C28H31NO2S2/c1-2-31-24-7-8-25-26(13-24)33-27(29-25)32-17-23(30)12-18-3-5-22(6-4-18)28-14-19-9-20(15-28)11-21(10-19)16-28/h3-8,13,19-21H,2,9-12,14-17H2,1H3. The van der Waals surface area contributed by atoms with Crippen LogP contribution in [0.3, 0.4) is 0 Å². The van der Waals surface area contributed by atoms with Crippen LogP contribution in [0.4, 0.5) is 0 Å². The Labute approximate surface area is 204 Å². The maximum Gasteiger partial charge on any atom is 0.151 e. The summed E-state index contributed by atoms with van der Waals surface area (Å²) in [7, 11) is 0. The number of aromatic nitrogens is 1. The zero-order valence-corrected chi connectivity index (χ0v) is 20.9. The summed E-state index contributed by atoms with van der Waals surface area (Å²) in [6.07, 6.45) is 9.11. The van der Waals surface area contributed by atoms with Crippen molar-refractivity contribution < 1.29 is 9.53 Å². The molecule has 0 saturated heterocycles. The normalized spacial score (nSPS) is 27.8. The lowest BCUT2D eigenvalue weighted by atomic mass is 9.48. The molecule has 0 atom stereocenters. The number of Topliss-reactive ketones (excluding diaryl/α,β-unsaturated/α-hetero) is 1.